The molecule has 0 saturated carbocycles. The van der Waals surface area contributed by atoms with Crippen LogP contribution < -0.4 is 10.5 Å². The molecular formula is C11H15N3O2S. The Morgan fingerprint density at radius 1 is 1.47 bits per heavy atom. The number of aromatic nitrogens is 2. The molecule has 2 heterocycles. The minimum atomic E-state index is -0.0626. The Balaban J connectivity index is 2.19. The van der Waals surface area contributed by atoms with Crippen molar-refractivity contribution >= 4 is 27.5 Å². The van der Waals surface area contributed by atoms with Crippen LogP contribution in [-0.4, -0.2) is 29.3 Å². The van der Waals surface area contributed by atoms with Crippen LogP contribution in [0.1, 0.15) is 13.8 Å². The molecule has 0 spiro atoms. The van der Waals surface area contributed by atoms with Crippen LogP contribution >= 0.6 is 11.3 Å². The van der Waals surface area contributed by atoms with Crippen molar-refractivity contribution in [2.24, 2.45) is 0 Å². The lowest BCUT2D eigenvalue weighted by molar-refractivity contribution is 0.0643. The van der Waals surface area contributed by atoms with Crippen molar-refractivity contribution in [3.05, 3.63) is 11.4 Å². The molecule has 0 aliphatic heterocycles. The molecule has 0 fully saturated rings. The highest BCUT2D eigenvalue weighted by molar-refractivity contribution is 7.16. The predicted molar refractivity (Wildman–Crippen MR) is 68.4 cm³/mol. The molecule has 2 rings (SSSR count). The van der Waals surface area contributed by atoms with E-state index in [0.29, 0.717) is 19.1 Å². The van der Waals surface area contributed by atoms with E-state index in [2.05, 4.69) is 9.97 Å². The van der Waals surface area contributed by atoms with Crippen LogP contribution in [0.3, 0.4) is 0 Å². The number of hydrogen-bond donors (Lipinski definition) is 1. The van der Waals surface area contributed by atoms with Crippen LogP contribution in [0.5, 0.6) is 5.88 Å². The van der Waals surface area contributed by atoms with Gasteiger partial charge in [-0.3, -0.25) is 0 Å². The minimum Gasteiger partial charge on any atom is -0.472 e. The Morgan fingerprint density at radius 2 is 2.29 bits per heavy atom. The molecule has 0 bridgehead atoms. The van der Waals surface area contributed by atoms with Crippen LogP contribution in [-0.2, 0) is 4.74 Å². The van der Waals surface area contributed by atoms with Gasteiger partial charge >= 0.3 is 0 Å². The standard InChI is InChI=1S/C11H15N3O2S/c1-3-15-6-7(2)16-9-8-4-5-17-10(8)14-11(12)13-9/h4-5,7H,3,6H2,1-2H3,(H2,12,13,14). The molecule has 0 radical (unpaired) electrons. The fourth-order valence-electron chi connectivity index (χ4n) is 1.44. The molecule has 0 aromatic carbocycles. The number of ether oxygens (including phenoxy) is 2. The smallest absolute Gasteiger partial charge is 0.227 e. The van der Waals surface area contributed by atoms with Gasteiger partial charge in [-0.15, -0.1) is 11.3 Å². The molecule has 2 N–H and O–H groups in total. The summed E-state index contributed by atoms with van der Waals surface area (Å²) in [5, 5.41) is 2.84. The van der Waals surface area contributed by atoms with Crippen molar-refractivity contribution in [2.45, 2.75) is 20.0 Å². The van der Waals surface area contributed by atoms with Crippen LogP contribution in [0.2, 0.25) is 0 Å². The second-order valence-corrected chi connectivity index (χ2v) is 4.51. The van der Waals surface area contributed by atoms with E-state index < -0.39 is 0 Å². The number of hydrogen-bond acceptors (Lipinski definition) is 6. The number of rotatable bonds is 5. The summed E-state index contributed by atoms with van der Waals surface area (Å²) in [6.07, 6.45) is -0.0626. The van der Waals surface area contributed by atoms with E-state index in [1.165, 1.54) is 11.3 Å². The quantitative estimate of drug-likeness (QED) is 0.883. The first kappa shape index (κ1) is 12.1. The lowest BCUT2D eigenvalue weighted by Gasteiger charge is -2.14. The Bertz CT molecular complexity index is 500. The van der Waals surface area contributed by atoms with E-state index in [-0.39, 0.29) is 12.1 Å². The highest BCUT2D eigenvalue weighted by Gasteiger charge is 2.11. The molecule has 0 saturated heterocycles. The van der Waals surface area contributed by atoms with E-state index in [4.69, 9.17) is 15.2 Å². The SMILES string of the molecule is CCOCC(C)Oc1nc(N)nc2sccc12. The van der Waals surface area contributed by atoms with E-state index in [9.17, 15) is 0 Å². The molecule has 17 heavy (non-hydrogen) atoms. The van der Waals surface area contributed by atoms with E-state index in [0.717, 1.165) is 10.2 Å². The largest absolute Gasteiger partial charge is 0.472 e. The van der Waals surface area contributed by atoms with Crippen LogP contribution in [0.15, 0.2) is 11.4 Å². The summed E-state index contributed by atoms with van der Waals surface area (Å²) in [5.41, 5.74) is 5.63. The molecule has 0 aliphatic carbocycles. The number of anilines is 1. The number of nitrogens with zero attached hydrogens (tertiary/aromatic N) is 2. The molecular weight excluding hydrogens is 238 g/mol. The van der Waals surface area contributed by atoms with Gasteiger partial charge in [0.2, 0.25) is 11.8 Å². The second kappa shape index (κ2) is 5.29. The maximum atomic E-state index is 5.72. The monoisotopic (exact) mass is 253 g/mol. The Hall–Kier alpha value is -1.40. The third-order valence-electron chi connectivity index (χ3n) is 2.18. The van der Waals surface area contributed by atoms with E-state index in [1.807, 2.05) is 25.3 Å². The van der Waals surface area contributed by atoms with Crippen molar-refractivity contribution in [3.8, 4) is 5.88 Å². The summed E-state index contributed by atoms with van der Waals surface area (Å²) < 4.78 is 11.0. The molecule has 92 valence electrons. The van der Waals surface area contributed by atoms with Crippen molar-refractivity contribution in [3.63, 3.8) is 0 Å². The summed E-state index contributed by atoms with van der Waals surface area (Å²) in [5.74, 6) is 0.763. The molecule has 0 amide bonds. The Labute approximate surface area is 104 Å². The highest BCUT2D eigenvalue weighted by Crippen LogP contribution is 2.27. The minimum absolute atomic E-state index is 0.0626. The summed E-state index contributed by atoms with van der Waals surface area (Å²) >= 11 is 1.52. The fourth-order valence-corrected chi connectivity index (χ4v) is 2.20. The predicted octanol–water partition coefficient (Wildman–Crippen LogP) is 2.08. The Kier molecular flexibility index (Phi) is 3.75. The lowest BCUT2D eigenvalue weighted by atomic mass is 10.4. The van der Waals surface area contributed by atoms with Crippen LogP contribution in [0.4, 0.5) is 5.95 Å². The van der Waals surface area contributed by atoms with Gasteiger partial charge in [-0.1, -0.05) is 0 Å². The average molecular weight is 253 g/mol. The Morgan fingerprint density at radius 3 is 3.06 bits per heavy atom. The van der Waals surface area contributed by atoms with E-state index >= 15 is 0 Å². The number of nitrogens with two attached hydrogens (primary N) is 1. The van der Waals surface area contributed by atoms with Gasteiger partial charge in [0.15, 0.2) is 0 Å². The van der Waals surface area contributed by atoms with Crippen LogP contribution in [0, 0.1) is 0 Å². The maximum absolute atomic E-state index is 5.72. The van der Waals surface area contributed by atoms with Crippen molar-refractivity contribution < 1.29 is 9.47 Å². The van der Waals surface area contributed by atoms with Crippen LogP contribution in [0.25, 0.3) is 10.2 Å². The van der Waals surface area contributed by atoms with Crippen molar-refractivity contribution in [2.75, 3.05) is 18.9 Å². The summed E-state index contributed by atoms with van der Waals surface area (Å²) in [7, 11) is 0. The van der Waals surface area contributed by atoms with Gasteiger partial charge in [0, 0.05) is 6.61 Å². The van der Waals surface area contributed by atoms with Gasteiger partial charge in [0.1, 0.15) is 10.9 Å². The van der Waals surface area contributed by atoms with Crippen molar-refractivity contribution in [1.29, 1.82) is 0 Å². The van der Waals surface area contributed by atoms with Crippen molar-refractivity contribution in [1.82, 2.24) is 9.97 Å². The first-order chi connectivity index (χ1) is 8.20. The molecule has 1 unspecified atom stereocenters. The highest BCUT2D eigenvalue weighted by atomic mass is 32.1. The molecule has 6 heteroatoms. The second-order valence-electron chi connectivity index (χ2n) is 3.61. The lowest BCUT2D eigenvalue weighted by Crippen LogP contribution is -2.20. The average Bonchev–Trinajstić information content (AvgIpc) is 2.74. The third kappa shape index (κ3) is 2.83. The number of thiophene rings is 1. The number of fused-ring (bicyclic) bond motifs is 1. The van der Waals surface area contributed by atoms with Gasteiger partial charge < -0.3 is 15.2 Å². The maximum Gasteiger partial charge on any atom is 0.227 e. The summed E-state index contributed by atoms with van der Waals surface area (Å²) in [6, 6.07) is 1.93. The molecule has 5 nitrogen and oxygen atoms in total. The van der Waals surface area contributed by atoms with E-state index in [1.54, 1.807) is 0 Å². The molecule has 1 atom stereocenters. The third-order valence-corrected chi connectivity index (χ3v) is 2.98. The normalized spacial score (nSPS) is 12.8. The first-order valence-corrected chi connectivity index (χ1v) is 6.33. The zero-order valence-corrected chi connectivity index (χ0v) is 10.7. The van der Waals surface area contributed by atoms with Gasteiger partial charge in [-0.2, -0.15) is 4.98 Å². The molecule has 2 aromatic rings. The van der Waals surface area contributed by atoms with Gasteiger partial charge in [0.25, 0.3) is 0 Å². The van der Waals surface area contributed by atoms with Gasteiger partial charge in [0.05, 0.1) is 12.0 Å². The van der Waals surface area contributed by atoms with Gasteiger partial charge in [-0.05, 0) is 25.3 Å². The zero-order valence-electron chi connectivity index (χ0n) is 9.84. The molecule has 0 aliphatic rings. The number of nitrogen functional groups attached to an aromatic ring is 1. The topological polar surface area (TPSA) is 70.3 Å². The first-order valence-electron chi connectivity index (χ1n) is 5.45. The molecule has 2 aromatic heterocycles. The summed E-state index contributed by atoms with van der Waals surface area (Å²) in [6.45, 7) is 5.10. The van der Waals surface area contributed by atoms with Gasteiger partial charge in [-0.25, -0.2) is 4.98 Å². The zero-order chi connectivity index (χ0) is 12.3. The summed E-state index contributed by atoms with van der Waals surface area (Å²) in [4.78, 5) is 9.10. The fraction of sp³-hybridized carbons (Fsp3) is 0.455.